The number of hydrogen-bond donors (Lipinski definition) is 0. The highest BCUT2D eigenvalue weighted by molar-refractivity contribution is 6.10. The number of ether oxygens (including phenoxy) is 2. The molecule has 2 aromatic carbocycles. The van der Waals surface area contributed by atoms with Crippen molar-refractivity contribution in [2.24, 2.45) is 0 Å². The van der Waals surface area contributed by atoms with E-state index in [1.807, 2.05) is 29.2 Å². The molecule has 0 bridgehead atoms. The van der Waals surface area contributed by atoms with E-state index in [1.165, 1.54) is 0 Å². The van der Waals surface area contributed by atoms with Gasteiger partial charge in [0.05, 0.1) is 31.2 Å². The van der Waals surface area contributed by atoms with Gasteiger partial charge in [-0.1, -0.05) is 18.2 Å². The molecule has 5 nitrogen and oxygen atoms in total. The second kappa shape index (κ2) is 6.83. The number of likely N-dealkylation sites (N-methyl/N-ethyl adjacent to an activating group) is 1. The van der Waals surface area contributed by atoms with Crippen LogP contribution in [0.1, 0.15) is 17.3 Å². The molecule has 1 aliphatic heterocycles. The number of carbonyl (C=O) groups excluding carboxylic acids is 1. The smallest absolute Gasteiger partial charge is 0.262 e. The van der Waals surface area contributed by atoms with E-state index in [9.17, 15) is 4.79 Å². The maximum absolute atomic E-state index is 13.2. The van der Waals surface area contributed by atoms with Gasteiger partial charge in [0.2, 0.25) is 0 Å². The molecule has 0 radical (unpaired) electrons. The molecule has 2 aromatic rings. The third kappa shape index (κ3) is 2.66. The average Bonchev–Trinajstić information content (AvgIpc) is 2.65. The summed E-state index contributed by atoms with van der Waals surface area (Å²) >= 11 is 0. The molecule has 0 atom stereocenters. The first kappa shape index (κ1) is 16.2. The summed E-state index contributed by atoms with van der Waals surface area (Å²) in [6.45, 7) is 4.50. The fraction of sp³-hybridized carbons (Fsp3) is 0.316. The lowest BCUT2D eigenvalue weighted by Gasteiger charge is -2.37. The number of carbonyl (C=O) groups is 1. The number of nitrogens with zero attached hydrogens (tertiary/aromatic N) is 2. The van der Waals surface area contributed by atoms with Crippen LogP contribution in [0.3, 0.4) is 0 Å². The largest absolute Gasteiger partial charge is 0.493 e. The van der Waals surface area contributed by atoms with Crippen LogP contribution < -0.4 is 19.3 Å². The van der Waals surface area contributed by atoms with Crippen LogP contribution in [0.15, 0.2) is 42.5 Å². The fourth-order valence-corrected chi connectivity index (χ4v) is 3.16. The second-order valence-corrected chi connectivity index (χ2v) is 5.57. The average molecular weight is 326 g/mol. The molecule has 0 fully saturated rings. The summed E-state index contributed by atoms with van der Waals surface area (Å²) in [7, 11) is 3.12. The minimum atomic E-state index is -0.0750. The Balaban J connectivity index is 2.03. The van der Waals surface area contributed by atoms with Gasteiger partial charge in [-0.2, -0.15) is 0 Å². The highest BCUT2D eigenvalue weighted by Gasteiger charge is 2.29. The number of hydrogen-bond acceptors (Lipinski definition) is 4. The first-order valence-electron chi connectivity index (χ1n) is 8.08. The first-order chi connectivity index (χ1) is 11.7. The number of anilines is 2. The normalized spacial score (nSPS) is 13.5. The molecule has 1 aliphatic rings. The fourth-order valence-electron chi connectivity index (χ4n) is 3.16. The topological polar surface area (TPSA) is 42.0 Å². The Labute approximate surface area is 142 Å². The van der Waals surface area contributed by atoms with Crippen molar-refractivity contribution in [1.29, 1.82) is 0 Å². The van der Waals surface area contributed by atoms with Crippen LogP contribution >= 0.6 is 0 Å². The van der Waals surface area contributed by atoms with Crippen molar-refractivity contribution >= 4 is 17.3 Å². The van der Waals surface area contributed by atoms with E-state index in [4.69, 9.17) is 9.47 Å². The van der Waals surface area contributed by atoms with E-state index in [2.05, 4.69) is 17.9 Å². The minimum Gasteiger partial charge on any atom is -0.493 e. The van der Waals surface area contributed by atoms with E-state index >= 15 is 0 Å². The summed E-state index contributed by atoms with van der Waals surface area (Å²) in [6.07, 6.45) is 0. The molecule has 0 aromatic heterocycles. The third-order valence-corrected chi connectivity index (χ3v) is 4.37. The minimum absolute atomic E-state index is 0.0750. The van der Waals surface area contributed by atoms with Gasteiger partial charge in [0.1, 0.15) is 0 Å². The van der Waals surface area contributed by atoms with Gasteiger partial charge in [-0.25, -0.2) is 0 Å². The zero-order valence-corrected chi connectivity index (χ0v) is 14.3. The Bertz CT molecular complexity index is 745. The van der Waals surface area contributed by atoms with E-state index in [0.717, 1.165) is 24.5 Å². The number of methoxy groups -OCH3 is 2. The van der Waals surface area contributed by atoms with E-state index in [0.29, 0.717) is 23.6 Å². The molecular formula is C19H22N2O3. The van der Waals surface area contributed by atoms with Crippen LogP contribution in [0.25, 0.3) is 0 Å². The lowest BCUT2D eigenvalue weighted by Crippen LogP contribution is -2.44. The molecule has 24 heavy (non-hydrogen) atoms. The lowest BCUT2D eigenvalue weighted by atomic mass is 10.1. The van der Waals surface area contributed by atoms with E-state index in [-0.39, 0.29) is 5.91 Å². The van der Waals surface area contributed by atoms with Crippen molar-refractivity contribution in [2.45, 2.75) is 6.92 Å². The molecule has 5 heteroatoms. The summed E-state index contributed by atoms with van der Waals surface area (Å²) < 4.78 is 10.7. The molecule has 3 rings (SSSR count). The Kier molecular flexibility index (Phi) is 4.60. The molecule has 1 amide bonds. The lowest BCUT2D eigenvalue weighted by molar-refractivity contribution is 0.0983. The molecule has 0 saturated carbocycles. The highest BCUT2D eigenvalue weighted by atomic mass is 16.5. The van der Waals surface area contributed by atoms with E-state index < -0.39 is 0 Å². The van der Waals surface area contributed by atoms with Gasteiger partial charge in [-0.05, 0) is 31.2 Å². The summed E-state index contributed by atoms with van der Waals surface area (Å²) in [6, 6.07) is 13.4. The number of benzene rings is 2. The maximum atomic E-state index is 13.2. The van der Waals surface area contributed by atoms with Crippen LogP contribution in [0.5, 0.6) is 11.5 Å². The summed E-state index contributed by atoms with van der Waals surface area (Å²) in [5.41, 5.74) is 2.53. The summed E-state index contributed by atoms with van der Waals surface area (Å²) in [4.78, 5) is 17.3. The molecule has 0 N–H and O–H groups in total. The molecule has 0 aliphatic carbocycles. The predicted octanol–water partition coefficient (Wildman–Crippen LogP) is 3.19. The van der Waals surface area contributed by atoms with Gasteiger partial charge in [0, 0.05) is 19.6 Å². The van der Waals surface area contributed by atoms with Gasteiger partial charge in [0.15, 0.2) is 11.5 Å². The molecular weight excluding hydrogens is 304 g/mol. The second-order valence-electron chi connectivity index (χ2n) is 5.57. The van der Waals surface area contributed by atoms with Crippen molar-refractivity contribution in [1.82, 2.24) is 0 Å². The van der Waals surface area contributed by atoms with Gasteiger partial charge >= 0.3 is 0 Å². The highest BCUT2D eigenvalue weighted by Crippen LogP contribution is 2.36. The van der Waals surface area contributed by atoms with Crippen molar-refractivity contribution in [3.63, 3.8) is 0 Å². The Morgan fingerprint density at radius 3 is 2.42 bits per heavy atom. The quantitative estimate of drug-likeness (QED) is 0.865. The zero-order chi connectivity index (χ0) is 17.1. The maximum Gasteiger partial charge on any atom is 0.262 e. The van der Waals surface area contributed by atoms with Crippen LogP contribution in [0.4, 0.5) is 11.4 Å². The Hall–Kier alpha value is -2.69. The van der Waals surface area contributed by atoms with Crippen molar-refractivity contribution < 1.29 is 14.3 Å². The van der Waals surface area contributed by atoms with Crippen molar-refractivity contribution in [3.05, 3.63) is 48.0 Å². The molecule has 0 saturated heterocycles. The molecule has 0 unspecified atom stereocenters. The Morgan fingerprint density at radius 2 is 1.75 bits per heavy atom. The SMILES string of the molecule is CCN1CCN(C(=O)c2cccc(OC)c2OC)c2ccccc21. The van der Waals surface area contributed by atoms with Gasteiger partial charge in [-0.3, -0.25) is 4.79 Å². The van der Waals surface area contributed by atoms with Crippen LogP contribution in [-0.4, -0.2) is 39.8 Å². The number of amides is 1. The Morgan fingerprint density at radius 1 is 1.00 bits per heavy atom. The third-order valence-electron chi connectivity index (χ3n) is 4.37. The summed E-state index contributed by atoms with van der Waals surface area (Å²) in [5.74, 6) is 0.957. The van der Waals surface area contributed by atoms with Gasteiger partial charge in [-0.15, -0.1) is 0 Å². The molecule has 1 heterocycles. The van der Waals surface area contributed by atoms with E-state index in [1.54, 1.807) is 26.4 Å². The standard InChI is InChI=1S/C19H22N2O3/c1-4-20-12-13-21(16-10-6-5-9-15(16)20)19(22)14-8-7-11-17(23-2)18(14)24-3/h5-11H,4,12-13H2,1-3H3. The zero-order valence-electron chi connectivity index (χ0n) is 14.3. The molecule has 126 valence electrons. The number of fused-ring (bicyclic) bond motifs is 1. The predicted molar refractivity (Wildman–Crippen MR) is 95.6 cm³/mol. The van der Waals surface area contributed by atoms with Crippen molar-refractivity contribution in [3.8, 4) is 11.5 Å². The monoisotopic (exact) mass is 326 g/mol. The van der Waals surface area contributed by atoms with Gasteiger partial charge in [0.25, 0.3) is 5.91 Å². The van der Waals surface area contributed by atoms with Crippen molar-refractivity contribution in [2.75, 3.05) is 43.7 Å². The van der Waals surface area contributed by atoms with Crippen LogP contribution in [0, 0.1) is 0 Å². The number of rotatable bonds is 4. The van der Waals surface area contributed by atoms with Crippen LogP contribution in [0.2, 0.25) is 0 Å². The number of para-hydroxylation sites is 3. The van der Waals surface area contributed by atoms with Crippen LogP contribution in [-0.2, 0) is 0 Å². The summed E-state index contributed by atoms with van der Waals surface area (Å²) in [5, 5.41) is 0. The first-order valence-corrected chi connectivity index (χ1v) is 8.08. The van der Waals surface area contributed by atoms with Gasteiger partial charge < -0.3 is 19.3 Å². The molecule has 0 spiro atoms.